The van der Waals surface area contributed by atoms with Gasteiger partial charge in [-0.25, -0.2) is 0 Å². The van der Waals surface area contributed by atoms with Crippen LogP contribution in [0, 0.1) is 15.0 Å². The van der Waals surface area contributed by atoms with Gasteiger partial charge in [0.2, 0.25) is 0 Å². The summed E-state index contributed by atoms with van der Waals surface area (Å²) in [5.41, 5.74) is 0. The maximum atomic E-state index is 10.4. The number of hydrogen-bond donors (Lipinski definition) is 0. The summed E-state index contributed by atoms with van der Waals surface area (Å²) >= 11 is 0. The number of nitro groups is 1. The minimum absolute atomic E-state index is 0.0995. The third kappa shape index (κ3) is 1.02. The Balaban J connectivity index is 2.85. The zero-order valence-corrected chi connectivity index (χ0v) is 4.95. The van der Waals surface area contributed by atoms with E-state index in [2.05, 4.69) is 15.6 Å². The van der Waals surface area contributed by atoms with Crippen LogP contribution in [0.4, 0.5) is 0 Å². The highest BCUT2D eigenvalue weighted by atomic mass is 16.6. The fourth-order valence-electron chi connectivity index (χ4n) is 0.525. The lowest BCUT2D eigenvalue weighted by molar-refractivity contribution is -0.532. The van der Waals surface area contributed by atoms with Crippen LogP contribution in [-0.4, -0.2) is 22.1 Å². The highest BCUT2D eigenvalue weighted by molar-refractivity contribution is 5.81. The lowest BCUT2D eigenvalue weighted by Gasteiger charge is -2.01. The van der Waals surface area contributed by atoms with E-state index >= 15 is 0 Å². The SMILES string of the molecule is O=NN1N=NC(=O)C1[N+](=O)[O-]. The summed E-state index contributed by atoms with van der Waals surface area (Å²) in [4.78, 5) is 29.2. The molecule has 0 aliphatic carbocycles. The average Bonchev–Trinajstić information content (AvgIpc) is 2.30. The van der Waals surface area contributed by atoms with E-state index in [1.807, 2.05) is 0 Å². The molecular formula is C2HN5O4. The molecule has 1 aliphatic rings. The molecule has 58 valence electrons. The Bertz CT molecular complexity index is 247. The number of hydrogen-bond acceptors (Lipinski definition) is 6. The van der Waals surface area contributed by atoms with Gasteiger partial charge in [-0.15, -0.1) is 4.91 Å². The maximum Gasteiger partial charge on any atom is 0.406 e. The molecule has 9 nitrogen and oxygen atoms in total. The molecule has 1 rings (SSSR count). The minimum atomic E-state index is -1.88. The van der Waals surface area contributed by atoms with Gasteiger partial charge in [0.1, 0.15) is 0 Å². The Morgan fingerprint density at radius 3 is 2.73 bits per heavy atom. The largest absolute Gasteiger partial charge is 0.406 e. The van der Waals surface area contributed by atoms with E-state index in [0.717, 1.165) is 0 Å². The zero-order chi connectivity index (χ0) is 8.43. The molecule has 1 atom stereocenters. The number of amides is 1. The third-order valence-corrected chi connectivity index (χ3v) is 0.958. The molecule has 1 unspecified atom stereocenters. The minimum Gasteiger partial charge on any atom is -0.262 e. The van der Waals surface area contributed by atoms with Gasteiger partial charge in [-0.05, 0) is 10.3 Å². The molecule has 0 saturated heterocycles. The van der Waals surface area contributed by atoms with Crippen LogP contribution in [0.3, 0.4) is 0 Å². The fourth-order valence-corrected chi connectivity index (χ4v) is 0.525. The van der Waals surface area contributed by atoms with Crippen LogP contribution in [0.1, 0.15) is 0 Å². The van der Waals surface area contributed by atoms with Crippen molar-refractivity contribution in [1.29, 1.82) is 0 Å². The molecule has 1 amide bonds. The molecule has 9 heteroatoms. The first-order valence-electron chi connectivity index (χ1n) is 2.38. The summed E-state index contributed by atoms with van der Waals surface area (Å²) in [6, 6.07) is 0. The molecule has 11 heavy (non-hydrogen) atoms. The van der Waals surface area contributed by atoms with Crippen LogP contribution in [0.15, 0.2) is 15.6 Å². The molecule has 0 radical (unpaired) electrons. The van der Waals surface area contributed by atoms with Crippen molar-refractivity contribution in [3.63, 3.8) is 0 Å². The molecule has 1 heterocycles. The lowest BCUT2D eigenvalue weighted by Crippen LogP contribution is -2.35. The molecule has 0 N–H and O–H groups in total. The van der Waals surface area contributed by atoms with Crippen molar-refractivity contribution in [2.75, 3.05) is 0 Å². The summed E-state index contributed by atoms with van der Waals surface area (Å²) in [6.45, 7) is 0. The summed E-state index contributed by atoms with van der Waals surface area (Å²) in [5, 5.41) is 17.8. The lowest BCUT2D eigenvalue weighted by atomic mass is 10.5. The zero-order valence-electron chi connectivity index (χ0n) is 4.95. The average molecular weight is 159 g/mol. The van der Waals surface area contributed by atoms with Crippen molar-refractivity contribution in [2.24, 2.45) is 15.6 Å². The molecule has 0 saturated carbocycles. The summed E-state index contributed by atoms with van der Waals surface area (Å²) in [6.07, 6.45) is -1.88. The smallest absolute Gasteiger partial charge is 0.262 e. The van der Waals surface area contributed by atoms with Crippen LogP contribution in [0.25, 0.3) is 0 Å². The van der Waals surface area contributed by atoms with E-state index in [1.54, 1.807) is 0 Å². The van der Waals surface area contributed by atoms with E-state index in [1.165, 1.54) is 0 Å². The first-order valence-corrected chi connectivity index (χ1v) is 2.38. The maximum absolute atomic E-state index is 10.4. The van der Waals surface area contributed by atoms with Crippen molar-refractivity contribution in [3.8, 4) is 0 Å². The van der Waals surface area contributed by atoms with Crippen LogP contribution in [0.2, 0.25) is 0 Å². The number of nitroso groups, excluding NO2 is 1. The quantitative estimate of drug-likeness (QED) is 0.305. The van der Waals surface area contributed by atoms with Gasteiger partial charge in [0.25, 0.3) is 0 Å². The standard InChI is InChI=1S/C2HN5O4/c8-1-2(7(10)11)6(5-9)4-3-1/h2H. The first kappa shape index (κ1) is 7.18. The Labute approximate surface area is 58.8 Å². The predicted octanol–water partition coefficient (Wildman–Crippen LogP) is -0.520. The molecule has 1 aliphatic heterocycles. The van der Waals surface area contributed by atoms with Gasteiger partial charge >= 0.3 is 12.1 Å². The van der Waals surface area contributed by atoms with Crippen molar-refractivity contribution < 1.29 is 9.72 Å². The van der Waals surface area contributed by atoms with E-state index in [-0.39, 0.29) is 5.12 Å². The second-order valence-electron chi connectivity index (χ2n) is 1.59. The van der Waals surface area contributed by atoms with Crippen molar-refractivity contribution >= 4 is 5.91 Å². The van der Waals surface area contributed by atoms with Crippen molar-refractivity contribution in [1.82, 2.24) is 5.12 Å². The molecule has 0 aromatic heterocycles. The highest BCUT2D eigenvalue weighted by Crippen LogP contribution is 2.11. The highest BCUT2D eigenvalue weighted by Gasteiger charge is 2.43. The molecule has 0 spiro atoms. The molecule has 0 aromatic carbocycles. The van der Waals surface area contributed by atoms with Crippen LogP contribution < -0.4 is 0 Å². The summed E-state index contributed by atoms with van der Waals surface area (Å²) in [5.74, 6) is -1.10. The molecule has 0 bridgehead atoms. The number of nitrogens with zero attached hydrogens (tertiary/aromatic N) is 5. The normalized spacial score (nSPS) is 22.4. The predicted molar refractivity (Wildman–Crippen MR) is 28.3 cm³/mol. The van der Waals surface area contributed by atoms with Gasteiger partial charge in [0.15, 0.2) is 0 Å². The Morgan fingerprint density at radius 2 is 2.36 bits per heavy atom. The monoisotopic (exact) mass is 159 g/mol. The topological polar surface area (TPSA) is 118 Å². The van der Waals surface area contributed by atoms with Gasteiger partial charge in [-0.2, -0.15) is 0 Å². The molecular weight excluding hydrogens is 158 g/mol. The Hall–Kier alpha value is -1.93. The number of rotatable bonds is 2. The van der Waals surface area contributed by atoms with Gasteiger partial charge < -0.3 is 0 Å². The van der Waals surface area contributed by atoms with Crippen molar-refractivity contribution in [2.45, 2.75) is 6.17 Å². The van der Waals surface area contributed by atoms with E-state index in [9.17, 15) is 19.8 Å². The van der Waals surface area contributed by atoms with E-state index in [4.69, 9.17) is 0 Å². The van der Waals surface area contributed by atoms with Crippen molar-refractivity contribution in [3.05, 3.63) is 15.0 Å². The number of carbonyl (C=O) groups excluding carboxylic acids is 1. The second kappa shape index (κ2) is 2.36. The van der Waals surface area contributed by atoms with Gasteiger partial charge in [-0.1, -0.05) is 5.11 Å². The Kier molecular flexibility index (Phi) is 1.54. The molecule has 0 fully saturated rings. The summed E-state index contributed by atoms with van der Waals surface area (Å²) in [7, 11) is 0. The molecule has 0 aromatic rings. The van der Waals surface area contributed by atoms with Gasteiger partial charge in [0, 0.05) is 0 Å². The fraction of sp³-hybridized carbons (Fsp3) is 0.500. The van der Waals surface area contributed by atoms with Crippen LogP contribution >= 0.6 is 0 Å². The second-order valence-corrected chi connectivity index (χ2v) is 1.59. The van der Waals surface area contributed by atoms with Crippen LogP contribution in [-0.2, 0) is 4.79 Å². The van der Waals surface area contributed by atoms with Gasteiger partial charge in [0.05, 0.1) is 10.2 Å². The van der Waals surface area contributed by atoms with E-state index < -0.39 is 17.0 Å². The number of carbonyl (C=O) groups is 1. The Morgan fingerprint density at radius 1 is 1.73 bits per heavy atom. The summed E-state index contributed by atoms with van der Waals surface area (Å²) < 4.78 is 0. The van der Waals surface area contributed by atoms with Gasteiger partial charge in [-0.3, -0.25) is 14.9 Å². The van der Waals surface area contributed by atoms with Crippen LogP contribution in [0.5, 0.6) is 0 Å². The third-order valence-electron chi connectivity index (χ3n) is 0.958. The van der Waals surface area contributed by atoms with E-state index in [0.29, 0.717) is 0 Å². The first-order chi connectivity index (χ1) is 5.16.